The summed E-state index contributed by atoms with van der Waals surface area (Å²) in [7, 11) is 0. The molecule has 1 aromatic heterocycles. The van der Waals surface area contributed by atoms with Crippen LogP contribution in [0.25, 0.3) is 0 Å². The summed E-state index contributed by atoms with van der Waals surface area (Å²) in [4.78, 5) is 16.9. The summed E-state index contributed by atoms with van der Waals surface area (Å²) in [5.74, 6) is 1.34. The van der Waals surface area contributed by atoms with E-state index in [2.05, 4.69) is 46.3 Å². The fourth-order valence-electron chi connectivity index (χ4n) is 3.21. The van der Waals surface area contributed by atoms with Crippen molar-refractivity contribution in [2.45, 2.75) is 33.2 Å². The molecule has 26 heavy (non-hydrogen) atoms. The number of hydrogen-bond acceptors (Lipinski definition) is 5. The van der Waals surface area contributed by atoms with Gasteiger partial charge < -0.3 is 9.84 Å². The third-order valence-corrected chi connectivity index (χ3v) is 4.73. The van der Waals surface area contributed by atoms with Gasteiger partial charge in [-0.25, -0.2) is 0 Å². The van der Waals surface area contributed by atoms with E-state index in [1.165, 1.54) is 5.56 Å². The molecule has 140 valence electrons. The highest BCUT2D eigenvalue weighted by Gasteiger charge is 2.20. The van der Waals surface area contributed by atoms with Crippen molar-refractivity contribution in [2.24, 2.45) is 0 Å². The summed E-state index contributed by atoms with van der Waals surface area (Å²) < 4.78 is 5.12. The lowest BCUT2D eigenvalue weighted by Crippen LogP contribution is -2.48. The standard InChI is InChI=1S/C20H28N4O2/c1-15(2)17-5-4-6-18(12-17)21-20(25)14-24-9-7-23(8-10-24)13-19-11-16(3)26-22-19/h4-6,11-12,15H,7-10,13-14H2,1-3H3,(H,21,25). The molecule has 6 nitrogen and oxygen atoms in total. The Morgan fingerprint density at radius 3 is 2.58 bits per heavy atom. The van der Waals surface area contributed by atoms with Crippen LogP contribution in [0.5, 0.6) is 0 Å². The van der Waals surface area contributed by atoms with Gasteiger partial charge in [0.05, 0.1) is 12.2 Å². The Balaban J connectivity index is 1.44. The Kier molecular flexibility index (Phi) is 6.06. The zero-order chi connectivity index (χ0) is 18.5. The molecule has 0 spiro atoms. The van der Waals surface area contributed by atoms with Crippen molar-refractivity contribution < 1.29 is 9.32 Å². The summed E-state index contributed by atoms with van der Waals surface area (Å²) in [5.41, 5.74) is 3.08. The largest absolute Gasteiger partial charge is 0.361 e. The quantitative estimate of drug-likeness (QED) is 0.862. The predicted molar refractivity (Wildman–Crippen MR) is 102 cm³/mol. The fraction of sp³-hybridized carbons (Fsp3) is 0.500. The number of amides is 1. The van der Waals surface area contributed by atoms with Crippen LogP contribution in [0.15, 0.2) is 34.9 Å². The monoisotopic (exact) mass is 356 g/mol. The first kappa shape index (κ1) is 18.6. The number of rotatable bonds is 6. The molecule has 2 heterocycles. The minimum atomic E-state index is 0.0477. The van der Waals surface area contributed by atoms with Crippen LogP contribution in [0.2, 0.25) is 0 Å². The van der Waals surface area contributed by atoms with Gasteiger partial charge in [-0.2, -0.15) is 0 Å². The molecule has 0 saturated carbocycles. The van der Waals surface area contributed by atoms with Gasteiger partial charge in [-0.3, -0.25) is 14.6 Å². The molecule has 0 bridgehead atoms. The van der Waals surface area contributed by atoms with Crippen molar-refractivity contribution in [1.29, 1.82) is 0 Å². The number of carbonyl (C=O) groups is 1. The molecule has 1 aromatic carbocycles. The summed E-state index contributed by atoms with van der Waals surface area (Å²) in [5, 5.41) is 7.07. The van der Waals surface area contributed by atoms with Crippen LogP contribution in [-0.2, 0) is 11.3 Å². The van der Waals surface area contributed by atoms with Gasteiger partial charge in [0.25, 0.3) is 0 Å². The Hall–Kier alpha value is -2.18. The molecule has 1 aliphatic heterocycles. The molecule has 0 atom stereocenters. The number of anilines is 1. The number of aromatic nitrogens is 1. The molecule has 1 N–H and O–H groups in total. The Labute approximate surface area is 155 Å². The van der Waals surface area contributed by atoms with E-state index < -0.39 is 0 Å². The molecule has 2 aromatic rings. The van der Waals surface area contributed by atoms with E-state index in [-0.39, 0.29) is 5.91 Å². The van der Waals surface area contributed by atoms with Gasteiger partial charge >= 0.3 is 0 Å². The van der Waals surface area contributed by atoms with E-state index in [9.17, 15) is 4.79 Å². The Bertz CT molecular complexity index is 733. The first-order chi connectivity index (χ1) is 12.5. The smallest absolute Gasteiger partial charge is 0.238 e. The van der Waals surface area contributed by atoms with Crippen LogP contribution < -0.4 is 5.32 Å². The van der Waals surface area contributed by atoms with Gasteiger partial charge in [0.15, 0.2) is 0 Å². The summed E-state index contributed by atoms with van der Waals surface area (Å²) in [6.45, 7) is 11.1. The lowest BCUT2D eigenvalue weighted by atomic mass is 10.0. The third kappa shape index (κ3) is 5.16. The second-order valence-corrected chi connectivity index (χ2v) is 7.31. The lowest BCUT2D eigenvalue weighted by Gasteiger charge is -2.33. The third-order valence-electron chi connectivity index (χ3n) is 4.73. The molecular weight excluding hydrogens is 328 g/mol. The summed E-state index contributed by atoms with van der Waals surface area (Å²) in [6, 6.07) is 10.1. The molecule has 1 aliphatic rings. The Morgan fingerprint density at radius 2 is 1.92 bits per heavy atom. The van der Waals surface area contributed by atoms with Gasteiger partial charge in [0, 0.05) is 44.5 Å². The van der Waals surface area contributed by atoms with Crippen molar-refractivity contribution in [3.05, 3.63) is 47.3 Å². The minimum absolute atomic E-state index is 0.0477. The van der Waals surface area contributed by atoms with Crippen LogP contribution in [0.4, 0.5) is 5.69 Å². The van der Waals surface area contributed by atoms with E-state index in [1.54, 1.807) is 0 Å². The highest BCUT2D eigenvalue weighted by atomic mass is 16.5. The average Bonchev–Trinajstić information content (AvgIpc) is 3.01. The number of nitrogens with one attached hydrogen (secondary N) is 1. The van der Waals surface area contributed by atoms with E-state index in [4.69, 9.17) is 4.52 Å². The van der Waals surface area contributed by atoms with E-state index in [1.807, 2.05) is 25.1 Å². The Morgan fingerprint density at radius 1 is 1.19 bits per heavy atom. The van der Waals surface area contributed by atoms with Gasteiger partial charge in [-0.15, -0.1) is 0 Å². The zero-order valence-electron chi connectivity index (χ0n) is 15.9. The summed E-state index contributed by atoms with van der Waals surface area (Å²) in [6.07, 6.45) is 0. The molecule has 1 amide bonds. The maximum atomic E-state index is 12.3. The minimum Gasteiger partial charge on any atom is -0.361 e. The van der Waals surface area contributed by atoms with Crippen molar-refractivity contribution in [1.82, 2.24) is 15.0 Å². The van der Waals surface area contributed by atoms with Gasteiger partial charge in [0.2, 0.25) is 5.91 Å². The van der Waals surface area contributed by atoms with Gasteiger partial charge in [0.1, 0.15) is 5.76 Å². The van der Waals surface area contributed by atoms with Crippen LogP contribution in [0.3, 0.4) is 0 Å². The molecule has 0 aliphatic carbocycles. The number of hydrogen-bond donors (Lipinski definition) is 1. The molecule has 6 heteroatoms. The normalized spacial score (nSPS) is 16.2. The van der Waals surface area contributed by atoms with E-state index in [0.29, 0.717) is 12.5 Å². The van der Waals surface area contributed by atoms with E-state index in [0.717, 1.165) is 49.9 Å². The van der Waals surface area contributed by atoms with Crippen molar-refractivity contribution in [3.8, 4) is 0 Å². The molecule has 3 rings (SSSR count). The van der Waals surface area contributed by atoms with Crippen LogP contribution in [0.1, 0.15) is 36.8 Å². The molecule has 1 fully saturated rings. The molecule has 0 radical (unpaired) electrons. The number of carbonyl (C=O) groups excluding carboxylic acids is 1. The maximum absolute atomic E-state index is 12.3. The highest BCUT2D eigenvalue weighted by molar-refractivity contribution is 5.92. The van der Waals surface area contributed by atoms with E-state index >= 15 is 0 Å². The zero-order valence-corrected chi connectivity index (χ0v) is 15.9. The number of piperazine rings is 1. The van der Waals surface area contributed by atoms with Gasteiger partial charge in [-0.05, 0) is 30.5 Å². The first-order valence-electron chi connectivity index (χ1n) is 9.26. The van der Waals surface area contributed by atoms with Crippen molar-refractivity contribution in [2.75, 3.05) is 38.0 Å². The molecular formula is C20H28N4O2. The van der Waals surface area contributed by atoms with Gasteiger partial charge in [-0.1, -0.05) is 31.1 Å². The molecule has 0 unspecified atom stereocenters. The fourth-order valence-corrected chi connectivity index (χ4v) is 3.21. The summed E-state index contributed by atoms with van der Waals surface area (Å²) >= 11 is 0. The second-order valence-electron chi connectivity index (χ2n) is 7.31. The van der Waals surface area contributed by atoms with Crippen molar-refractivity contribution in [3.63, 3.8) is 0 Å². The first-order valence-corrected chi connectivity index (χ1v) is 9.26. The highest BCUT2D eigenvalue weighted by Crippen LogP contribution is 2.18. The van der Waals surface area contributed by atoms with Crippen LogP contribution >= 0.6 is 0 Å². The van der Waals surface area contributed by atoms with Crippen LogP contribution in [-0.4, -0.2) is 53.6 Å². The lowest BCUT2D eigenvalue weighted by molar-refractivity contribution is -0.117. The molecule has 1 saturated heterocycles. The SMILES string of the molecule is Cc1cc(CN2CCN(CC(=O)Nc3cccc(C(C)C)c3)CC2)no1. The topological polar surface area (TPSA) is 61.6 Å². The number of benzene rings is 1. The predicted octanol–water partition coefficient (Wildman–Crippen LogP) is 2.86. The number of nitrogens with zero attached hydrogens (tertiary/aromatic N) is 3. The van der Waals surface area contributed by atoms with Crippen molar-refractivity contribution >= 4 is 11.6 Å². The second kappa shape index (κ2) is 8.47. The average molecular weight is 356 g/mol. The maximum Gasteiger partial charge on any atom is 0.238 e. The van der Waals surface area contributed by atoms with Crippen LogP contribution in [0, 0.1) is 6.92 Å². The number of aryl methyl sites for hydroxylation is 1.